The molecule has 1 aliphatic heterocycles. The van der Waals surface area contributed by atoms with Crippen LogP contribution in [0.5, 0.6) is 0 Å². The Morgan fingerprint density at radius 2 is 1.92 bits per heavy atom. The lowest BCUT2D eigenvalue weighted by molar-refractivity contribution is -0.137. The highest BCUT2D eigenvalue weighted by Gasteiger charge is 2.35. The van der Waals surface area contributed by atoms with Crippen molar-refractivity contribution in [3.05, 3.63) is 64.2 Å². The molecular formula is C19H15ClF3N3. The van der Waals surface area contributed by atoms with Crippen LogP contribution < -0.4 is 5.32 Å². The highest BCUT2D eigenvalue weighted by molar-refractivity contribution is 6.31. The maximum absolute atomic E-state index is 13.4. The number of aromatic nitrogens is 2. The summed E-state index contributed by atoms with van der Waals surface area (Å²) in [6, 6.07) is 11.0. The second-order valence-electron chi connectivity index (χ2n) is 6.24. The van der Waals surface area contributed by atoms with Crippen LogP contribution in [-0.2, 0) is 12.6 Å². The maximum Gasteiger partial charge on any atom is 0.417 e. The molecule has 0 fully saturated rings. The summed E-state index contributed by atoms with van der Waals surface area (Å²) in [6.45, 7) is 2.55. The predicted octanol–water partition coefficient (Wildman–Crippen LogP) is 5.49. The van der Waals surface area contributed by atoms with Gasteiger partial charge in [0.25, 0.3) is 0 Å². The molecule has 0 radical (unpaired) electrons. The van der Waals surface area contributed by atoms with Gasteiger partial charge in [-0.2, -0.15) is 18.3 Å². The summed E-state index contributed by atoms with van der Waals surface area (Å²) in [4.78, 5) is 0. The van der Waals surface area contributed by atoms with Crippen molar-refractivity contribution in [2.45, 2.75) is 19.5 Å². The first kappa shape index (κ1) is 17.0. The first-order valence-electron chi connectivity index (χ1n) is 8.15. The number of nitrogens with zero attached hydrogens (tertiary/aromatic N) is 2. The van der Waals surface area contributed by atoms with Crippen LogP contribution in [-0.4, -0.2) is 16.3 Å². The van der Waals surface area contributed by atoms with Gasteiger partial charge in [-0.15, -0.1) is 0 Å². The smallest absolute Gasteiger partial charge is 0.369 e. The van der Waals surface area contributed by atoms with E-state index in [1.165, 1.54) is 12.1 Å². The summed E-state index contributed by atoms with van der Waals surface area (Å²) < 4.78 is 42.0. The first-order valence-corrected chi connectivity index (χ1v) is 8.53. The Morgan fingerprint density at radius 3 is 2.65 bits per heavy atom. The van der Waals surface area contributed by atoms with Gasteiger partial charge in [-0.05, 0) is 37.1 Å². The number of rotatable bonds is 2. The van der Waals surface area contributed by atoms with Crippen molar-refractivity contribution in [2.75, 3.05) is 11.9 Å². The molecule has 4 rings (SSSR count). The summed E-state index contributed by atoms with van der Waals surface area (Å²) in [6.07, 6.45) is -3.82. The van der Waals surface area contributed by atoms with Crippen LogP contribution in [0.3, 0.4) is 0 Å². The van der Waals surface area contributed by atoms with Crippen LogP contribution in [0.2, 0.25) is 5.02 Å². The van der Waals surface area contributed by atoms with E-state index >= 15 is 0 Å². The van der Waals surface area contributed by atoms with Crippen molar-refractivity contribution >= 4 is 17.4 Å². The van der Waals surface area contributed by atoms with E-state index in [0.717, 1.165) is 23.0 Å². The van der Waals surface area contributed by atoms with Gasteiger partial charge in [-0.3, -0.25) is 0 Å². The van der Waals surface area contributed by atoms with E-state index in [-0.39, 0.29) is 5.56 Å². The van der Waals surface area contributed by atoms with Crippen LogP contribution in [0.15, 0.2) is 42.5 Å². The molecular weight excluding hydrogens is 363 g/mol. The molecule has 3 nitrogen and oxygen atoms in total. The fourth-order valence-corrected chi connectivity index (χ4v) is 3.40. The largest absolute Gasteiger partial charge is 0.417 e. The van der Waals surface area contributed by atoms with Crippen molar-refractivity contribution in [3.63, 3.8) is 0 Å². The molecule has 0 unspecified atom stereocenters. The van der Waals surface area contributed by atoms with E-state index in [1.807, 2.05) is 19.1 Å². The second-order valence-corrected chi connectivity index (χ2v) is 6.65. The number of alkyl halides is 3. The Hall–Kier alpha value is -2.47. The van der Waals surface area contributed by atoms with Gasteiger partial charge in [0.1, 0.15) is 5.82 Å². The lowest BCUT2D eigenvalue weighted by atomic mass is 10.0. The second kappa shape index (κ2) is 6.06. The molecule has 0 spiro atoms. The summed E-state index contributed by atoms with van der Waals surface area (Å²) >= 11 is 6.21. The molecule has 0 atom stereocenters. The number of hydrogen-bond acceptors (Lipinski definition) is 2. The molecule has 2 aromatic carbocycles. The summed E-state index contributed by atoms with van der Waals surface area (Å²) in [5, 5.41) is 8.32. The van der Waals surface area contributed by atoms with Crippen molar-refractivity contribution in [3.8, 4) is 16.9 Å². The predicted molar refractivity (Wildman–Crippen MR) is 95.9 cm³/mol. The van der Waals surface area contributed by atoms with E-state index in [1.54, 1.807) is 16.8 Å². The Labute approximate surface area is 153 Å². The Balaban J connectivity index is 1.92. The zero-order chi connectivity index (χ0) is 18.5. The quantitative estimate of drug-likeness (QED) is 0.640. The van der Waals surface area contributed by atoms with E-state index in [4.69, 9.17) is 11.6 Å². The van der Waals surface area contributed by atoms with Gasteiger partial charge < -0.3 is 5.32 Å². The molecule has 0 amide bonds. The van der Waals surface area contributed by atoms with E-state index in [0.29, 0.717) is 29.4 Å². The third kappa shape index (κ3) is 2.74. The number of nitrogens with one attached hydrogen (secondary N) is 1. The standard InChI is InChI=1S/C19H15ClF3N3/c1-11-6-7-12(10-16(11)20)26-18-14(8-9-24-18)17(25-26)13-4-2-3-5-15(13)19(21,22)23/h2-7,10,24H,8-9H2,1H3. The monoisotopic (exact) mass is 377 g/mol. The van der Waals surface area contributed by atoms with Crippen molar-refractivity contribution < 1.29 is 13.2 Å². The molecule has 3 aromatic rings. The van der Waals surface area contributed by atoms with Gasteiger partial charge >= 0.3 is 6.18 Å². The minimum absolute atomic E-state index is 0.0944. The van der Waals surface area contributed by atoms with E-state index < -0.39 is 11.7 Å². The minimum atomic E-state index is -4.44. The summed E-state index contributed by atoms with van der Waals surface area (Å²) in [7, 11) is 0. The van der Waals surface area contributed by atoms with E-state index in [2.05, 4.69) is 10.4 Å². The number of halogens is 4. The minimum Gasteiger partial charge on any atom is -0.369 e. The van der Waals surface area contributed by atoms with Crippen LogP contribution in [0.25, 0.3) is 16.9 Å². The molecule has 1 aromatic heterocycles. The third-order valence-electron chi connectivity index (χ3n) is 4.54. The number of hydrogen-bond donors (Lipinski definition) is 1. The van der Waals surface area contributed by atoms with Crippen LogP contribution >= 0.6 is 11.6 Å². The van der Waals surface area contributed by atoms with Crippen LogP contribution in [0.1, 0.15) is 16.7 Å². The van der Waals surface area contributed by atoms with Crippen molar-refractivity contribution in [1.82, 2.24) is 9.78 Å². The highest BCUT2D eigenvalue weighted by atomic mass is 35.5. The summed E-state index contributed by atoms with van der Waals surface area (Å²) in [5.74, 6) is 0.719. The molecule has 134 valence electrons. The van der Waals surface area contributed by atoms with Crippen LogP contribution in [0.4, 0.5) is 19.0 Å². The fourth-order valence-electron chi connectivity index (χ4n) is 3.23. The average molecular weight is 378 g/mol. The van der Waals surface area contributed by atoms with Gasteiger partial charge in [-0.25, -0.2) is 4.68 Å². The first-order chi connectivity index (χ1) is 12.4. The van der Waals surface area contributed by atoms with Crippen LogP contribution in [0, 0.1) is 6.92 Å². The average Bonchev–Trinajstić information content (AvgIpc) is 3.19. The van der Waals surface area contributed by atoms with Gasteiger partial charge in [0.15, 0.2) is 0 Å². The molecule has 2 heterocycles. The van der Waals surface area contributed by atoms with Gasteiger partial charge in [0.05, 0.1) is 16.9 Å². The zero-order valence-electron chi connectivity index (χ0n) is 13.9. The lowest BCUT2D eigenvalue weighted by Gasteiger charge is -2.12. The molecule has 0 saturated carbocycles. The van der Waals surface area contributed by atoms with E-state index in [9.17, 15) is 13.2 Å². The molecule has 1 N–H and O–H groups in total. The molecule has 26 heavy (non-hydrogen) atoms. The number of fused-ring (bicyclic) bond motifs is 1. The lowest BCUT2D eigenvalue weighted by Crippen LogP contribution is -2.08. The summed E-state index contributed by atoms with van der Waals surface area (Å²) in [5.41, 5.74) is 2.20. The number of benzene rings is 2. The normalized spacial score (nSPS) is 13.6. The van der Waals surface area contributed by atoms with Gasteiger partial charge in [0.2, 0.25) is 0 Å². The number of anilines is 1. The molecule has 0 saturated heterocycles. The zero-order valence-corrected chi connectivity index (χ0v) is 14.6. The van der Waals surface area contributed by atoms with Crippen molar-refractivity contribution in [1.29, 1.82) is 0 Å². The SMILES string of the molecule is Cc1ccc(-n2nc(-c3ccccc3C(F)(F)F)c3c2NCC3)cc1Cl. The Morgan fingerprint density at radius 1 is 1.15 bits per heavy atom. The maximum atomic E-state index is 13.4. The van der Waals surface area contributed by atoms with Crippen molar-refractivity contribution in [2.24, 2.45) is 0 Å². The Bertz CT molecular complexity index is 992. The molecule has 1 aliphatic rings. The van der Waals surface area contributed by atoms with Gasteiger partial charge in [-0.1, -0.05) is 35.9 Å². The molecule has 7 heteroatoms. The third-order valence-corrected chi connectivity index (χ3v) is 4.95. The Kier molecular flexibility index (Phi) is 3.95. The fraction of sp³-hybridized carbons (Fsp3) is 0.211. The van der Waals surface area contributed by atoms with Gasteiger partial charge in [0, 0.05) is 22.7 Å². The highest BCUT2D eigenvalue weighted by Crippen LogP contribution is 2.41. The molecule has 0 aliphatic carbocycles. The number of aryl methyl sites for hydroxylation is 1. The molecule has 0 bridgehead atoms. The topological polar surface area (TPSA) is 29.9 Å².